The lowest BCUT2D eigenvalue weighted by atomic mass is 10.1. The topological polar surface area (TPSA) is 172 Å². The van der Waals surface area contributed by atoms with Crippen LogP contribution in [0.1, 0.15) is 46.3 Å². The number of pyridine rings is 2. The number of rotatable bonds is 9. The first kappa shape index (κ1) is 32.0. The van der Waals surface area contributed by atoms with E-state index in [2.05, 4.69) is 19.9 Å². The Bertz CT molecular complexity index is 1970. The Labute approximate surface area is 261 Å². The van der Waals surface area contributed by atoms with Crippen molar-refractivity contribution in [2.75, 3.05) is 25.2 Å². The third-order valence-corrected chi connectivity index (χ3v) is 7.18. The molecular formula is C33H42N8O4. The number of aliphatic hydroxyl groups is 2. The molecule has 0 bridgehead atoms. The fourth-order valence-corrected chi connectivity index (χ4v) is 5.47. The molecule has 6 rings (SSSR count). The lowest BCUT2D eigenvalue weighted by molar-refractivity contribution is 0.0580. The second-order valence-corrected chi connectivity index (χ2v) is 12.3. The van der Waals surface area contributed by atoms with Crippen LogP contribution >= 0.6 is 0 Å². The van der Waals surface area contributed by atoms with Gasteiger partial charge in [-0.3, -0.25) is 0 Å². The molecular weight excluding hydrogens is 572 g/mol. The van der Waals surface area contributed by atoms with E-state index in [1.54, 1.807) is 34.8 Å². The Kier molecular flexibility index (Phi) is 8.95. The van der Waals surface area contributed by atoms with Crippen LogP contribution in [-0.4, -0.2) is 64.2 Å². The van der Waals surface area contributed by atoms with Crippen molar-refractivity contribution in [2.24, 2.45) is 0 Å². The van der Waals surface area contributed by atoms with Gasteiger partial charge in [0.1, 0.15) is 35.9 Å². The zero-order valence-electron chi connectivity index (χ0n) is 26.7. The number of fused-ring (bicyclic) bond motifs is 6. The molecule has 0 amide bonds. The normalized spacial score (nSPS) is 12.4. The van der Waals surface area contributed by atoms with Crippen LogP contribution in [-0.2, 0) is 35.8 Å². The molecule has 0 radical (unpaired) electrons. The average molecular weight is 615 g/mol. The summed E-state index contributed by atoms with van der Waals surface area (Å²) < 4.78 is 14.7. The number of nitrogen functional groups attached to an aromatic ring is 2. The van der Waals surface area contributed by atoms with Crippen molar-refractivity contribution in [3.8, 4) is 0 Å². The van der Waals surface area contributed by atoms with Crippen LogP contribution in [0.5, 0.6) is 0 Å². The average Bonchev–Trinajstić information content (AvgIpc) is 3.50. The third-order valence-electron chi connectivity index (χ3n) is 7.18. The maximum absolute atomic E-state index is 10.3. The molecule has 0 saturated carbocycles. The van der Waals surface area contributed by atoms with Crippen LogP contribution in [0, 0.1) is 0 Å². The molecule has 0 fully saturated rings. The predicted octanol–water partition coefficient (Wildman–Crippen LogP) is 4.56. The Morgan fingerprint density at radius 2 is 1.11 bits per heavy atom. The molecule has 12 heteroatoms. The second kappa shape index (κ2) is 12.6. The van der Waals surface area contributed by atoms with E-state index in [-0.39, 0.29) is 0 Å². The molecule has 238 valence electrons. The number of hydrogen-bond donors (Lipinski definition) is 4. The quantitative estimate of drug-likeness (QED) is 0.181. The maximum atomic E-state index is 10.3. The molecule has 0 unspecified atom stereocenters. The van der Waals surface area contributed by atoms with Crippen molar-refractivity contribution in [3.63, 3.8) is 0 Å². The van der Waals surface area contributed by atoms with Gasteiger partial charge in [-0.25, -0.2) is 19.9 Å². The molecule has 0 spiro atoms. The van der Waals surface area contributed by atoms with Crippen LogP contribution in [0.25, 0.3) is 43.9 Å². The summed E-state index contributed by atoms with van der Waals surface area (Å²) in [6.45, 7) is 11.1. The summed E-state index contributed by atoms with van der Waals surface area (Å²) in [5.74, 6) is 2.25. The number of para-hydroxylation sites is 2. The standard InChI is InChI=1S/C17H22N4O2.C16H20N4O2/c1-4-23-9-13-20-14-15(21(13)10-17(2,3)22)11-7-5-6-8-12(11)19-16(14)18;1-16(2,21)9-20-12(8-22-3)19-13-14(20)10-6-4-5-7-11(10)18-15(13)17/h5-8,22H,4,9-10H2,1-3H3,(H2,18,19);4-7,21H,8-9H2,1-3H3,(H2,17,18). The number of hydrogen-bond acceptors (Lipinski definition) is 10. The van der Waals surface area contributed by atoms with E-state index in [1.165, 1.54) is 0 Å². The van der Waals surface area contributed by atoms with Gasteiger partial charge in [-0.1, -0.05) is 36.4 Å². The summed E-state index contributed by atoms with van der Waals surface area (Å²) in [5.41, 5.74) is 15.1. The van der Waals surface area contributed by atoms with Crippen LogP contribution in [0.2, 0.25) is 0 Å². The second-order valence-electron chi connectivity index (χ2n) is 12.3. The SMILES string of the molecule is CCOCc1nc2c(N)nc3ccccc3c2n1CC(C)(C)O.COCc1nc2c(N)nc3ccccc3c2n1CC(C)(C)O. The van der Waals surface area contributed by atoms with E-state index in [4.69, 9.17) is 20.9 Å². The van der Waals surface area contributed by atoms with Gasteiger partial charge in [-0.2, -0.15) is 0 Å². The molecule has 6 aromatic rings. The number of aromatic nitrogens is 6. The molecule has 0 saturated heterocycles. The van der Waals surface area contributed by atoms with Crippen LogP contribution < -0.4 is 11.5 Å². The highest BCUT2D eigenvalue weighted by molar-refractivity contribution is 6.07. The highest BCUT2D eigenvalue weighted by Gasteiger charge is 2.23. The molecule has 0 aliphatic carbocycles. The number of nitrogens with zero attached hydrogens (tertiary/aromatic N) is 6. The largest absolute Gasteiger partial charge is 0.389 e. The van der Waals surface area contributed by atoms with Crippen molar-refractivity contribution in [3.05, 3.63) is 60.2 Å². The van der Waals surface area contributed by atoms with Crippen LogP contribution in [0.4, 0.5) is 11.6 Å². The highest BCUT2D eigenvalue weighted by Crippen LogP contribution is 2.31. The Balaban J connectivity index is 0.000000178. The summed E-state index contributed by atoms with van der Waals surface area (Å²) >= 11 is 0. The number of methoxy groups -OCH3 is 1. The van der Waals surface area contributed by atoms with Gasteiger partial charge < -0.3 is 40.3 Å². The van der Waals surface area contributed by atoms with Crippen molar-refractivity contribution in [2.45, 2.75) is 72.1 Å². The van der Waals surface area contributed by atoms with Gasteiger partial charge in [0.15, 0.2) is 11.6 Å². The predicted molar refractivity (Wildman–Crippen MR) is 178 cm³/mol. The summed E-state index contributed by atoms with van der Waals surface area (Å²) in [7, 11) is 1.62. The van der Waals surface area contributed by atoms with Crippen molar-refractivity contribution < 1.29 is 19.7 Å². The highest BCUT2D eigenvalue weighted by atomic mass is 16.5. The van der Waals surface area contributed by atoms with Gasteiger partial charge in [0, 0.05) is 24.5 Å². The Morgan fingerprint density at radius 1 is 0.689 bits per heavy atom. The summed E-state index contributed by atoms with van der Waals surface area (Å²) in [4.78, 5) is 18.0. The number of nitrogens with two attached hydrogens (primary N) is 2. The number of anilines is 2. The molecule has 4 aromatic heterocycles. The zero-order valence-corrected chi connectivity index (χ0v) is 26.7. The number of benzene rings is 2. The van der Waals surface area contributed by atoms with Gasteiger partial charge in [0.2, 0.25) is 0 Å². The van der Waals surface area contributed by atoms with E-state index in [9.17, 15) is 10.2 Å². The van der Waals surface area contributed by atoms with E-state index in [0.29, 0.717) is 55.6 Å². The minimum atomic E-state index is -0.881. The van der Waals surface area contributed by atoms with Gasteiger partial charge >= 0.3 is 0 Å². The van der Waals surface area contributed by atoms with Crippen LogP contribution in [0.15, 0.2) is 48.5 Å². The molecule has 45 heavy (non-hydrogen) atoms. The molecule has 2 aromatic carbocycles. The van der Waals surface area contributed by atoms with Crippen molar-refractivity contribution >= 4 is 55.5 Å². The maximum Gasteiger partial charge on any atom is 0.152 e. The van der Waals surface area contributed by atoms with Crippen molar-refractivity contribution in [1.82, 2.24) is 29.1 Å². The third kappa shape index (κ3) is 6.84. The fourth-order valence-electron chi connectivity index (χ4n) is 5.47. The van der Waals surface area contributed by atoms with Gasteiger partial charge in [-0.15, -0.1) is 0 Å². The molecule has 6 N–H and O–H groups in total. The van der Waals surface area contributed by atoms with E-state index >= 15 is 0 Å². The fraction of sp³-hybridized carbons (Fsp3) is 0.394. The monoisotopic (exact) mass is 614 g/mol. The number of ether oxygens (including phenoxy) is 2. The van der Waals surface area contributed by atoms with E-state index < -0.39 is 11.2 Å². The summed E-state index contributed by atoms with van der Waals surface area (Å²) in [6, 6.07) is 15.6. The first-order valence-corrected chi connectivity index (χ1v) is 14.9. The molecule has 0 aliphatic rings. The molecule has 12 nitrogen and oxygen atoms in total. The number of imidazole rings is 2. The first-order chi connectivity index (χ1) is 21.3. The molecule has 0 aliphatic heterocycles. The van der Waals surface area contributed by atoms with Gasteiger partial charge in [0.05, 0.1) is 46.4 Å². The Hall–Kier alpha value is -4.36. The summed E-state index contributed by atoms with van der Waals surface area (Å²) in [6.07, 6.45) is 0. The minimum Gasteiger partial charge on any atom is -0.389 e. The van der Waals surface area contributed by atoms with Crippen LogP contribution in [0.3, 0.4) is 0 Å². The lowest BCUT2D eigenvalue weighted by Crippen LogP contribution is -2.27. The van der Waals surface area contributed by atoms with Crippen molar-refractivity contribution in [1.29, 1.82) is 0 Å². The summed E-state index contributed by atoms with van der Waals surface area (Å²) in [5, 5.41) is 22.5. The van der Waals surface area contributed by atoms with E-state index in [0.717, 1.165) is 44.5 Å². The first-order valence-electron chi connectivity index (χ1n) is 14.9. The van der Waals surface area contributed by atoms with Gasteiger partial charge in [-0.05, 0) is 46.8 Å². The smallest absolute Gasteiger partial charge is 0.152 e. The van der Waals surface area contributed by atoms with E-state index in [1.807, 2.05) is 64.6 Å². The zero-order chi connectivity index (χ0) is 32.5. The Morgan fingerprint density at radius 3 is 1.51 bits per heavy atom. The lowest BCUT2D eigenvalue weighted by Gasteiger charge is -2.20. The molecule has 4 heterocycles. The minimum absolute atomic E-state index is 0.346. The van der Waals surface area contributed by atoms with Gasteiger partial charge in [0.25, 0.3) is 0 Å². The molecule has 0 atom stereocenters.